The molecular weight excluding hydrogens is 324 g/mol. The molecule has 3 nitrogen and oxygen atoms in total. The molecule has 1 aliphatic carbocycles. The highest BCUT2D eigenvalue weighted by Gasteiger charge is 2.39. The Morgan fingerprint density at radius 2 is 2.16 bits per heavy atom. The van der Waals surface area contributed by atoms with Gasteiger partial charge < -0.3 is 10.2 Å². The fourth-order valence-corrected chi connectivity index (χ4v) is 3.02. The first-order chi connectivity index (χ1) is 8.94. The second-order valence-electron chi connectivity index (χ2n) is 5.32. The molecule has 0 unspecified atom stereocenters. The Hall–Kier alpha value is -0.520. The van der Waals surface area contributed by atoms with Crippen molar-refractivity contribution in [3.05, 3.63) is 28.2 Å². The number of thiol groups is 1. The number of carbonyl (C=O) groups is 1. The largest absolute Gasteiger partial charge is 0.350 e. The lowest BCUT2D eigenvalue weighted by molar-refractivity contribution is 0.0557. The molecule has 5 heteroatoms. The van der Waals surface area contributed by atoms with Crippen molar-refractivity contribution >= 4 is 34.5 Å². The van der Waals surface area contributed by atoms with Crippen LogP contribution in [0.3, 0.4) is 0 Å². The van der Waals surface area contributed by atoms with Gasteiger partial charge in [-0.3, -0.25) is 4.79 Å². The van der Waals surface area contributed by atoms with Gasteiger partial charge in [0.1, 0.15) is 0 Å². The Labute approximate surface area is 128 Å². The zero-order valence-corrected chi connectivity index (χ0v) is 13.7. The summed E-state index contributed by atoms with van der Waals surface area (Å²) in [6.07, 6.45) is 3.53. The fourth-order valence-electron chi connectivity index (χ4n) is 2.39. The molecule has 0 saturated heterocycles. The van der Waals surface area contributed by atoms with Gasteiger partial charge in [-0.1, -0.05) is 0 Å². The molecule has 0 bridgehead atoms. The van der Waals surface area contributed by atoms with Crippen LogP contribution in [0.15, 0.2) is 27.6 Å². The quantitative estimate of drug-likeness (QED) is 0.824. The Kier molecular flexibility index (Phi) is 4.58. The molecule has 0 heterocycles. The van der Waals surface area contributed by atoms with Crippen molar-refractivity contribution in [3.8, 4) is 0 Å². The first kappa shape index (κ1) is 14.9. The predicted molar refractivity (Wildman–Crippen MR) is 84.0 cm³/mol. The topological polar surface area (TPSA) is 32.3 Å². The molecule has 1 N–H and O–H groups in total. The monoisotopic (exact) mass is 342 g/mol. The smallest absolute Gasteiger partial charge is 0.252 e. The zero-order chi connectivity index (χ0) is 14.0. The second kappa shape index (κ2) is 5.85. The summed E-state index contributed by atoms with van der Waals surface area (Å²) in [5.74, 6) is -0.0455. The average Bonchev–Trinajstić information content (AvgIpc) is 2.30. The molecule has 104 valence electrons. The maximum absolute atomic E-state index is 12.2. The normalized spacial score (nSPS) is 17.1. The Bertz CT molecular complexity index is 486. The van der Waals surface area contributed by atoms with Crippen LogP contribution in [0.1, 0.15) is 29.6 Å². The van der Waals surface area contributed by atoms with E-state index in [9.17, 15) is 4.79 Å². The van der Waals surface area contributed by atoms with Crippen LogP contribution < -0.4 is 5.32 Å². The van der Waals surface area contributed by atoms with E-state index in [1.165, 1.54) is 6.42 Å². The molecule has 1 amide bonds. The highest BCUT2D eigenvalue weighted by atomic mass is 79.9. The molecule has 0 aromatic heterocycles. The van der Waals surface area contributed by atoms with Gasteiger partial charge in [-0.25, -0.2) is 0 Å². The summed E-state index contributed by atoms with van der Waals surface area (Å²) in [5, 5.41) is 3.05. The lowest BCUT2D eigenvalue weighted by Crippen LogP contribution is -2.57. The highest BCUT2D eigenvalue weighted by Crippen LogP contribution is 2.35. The highest BCUT2D eigenvalue weighted by molar-refractivity contribution is 9.10. The number of carbonyl (C=O) groups excluding carboxylic acids is 1. The van der Waals surface area contributed by atoms with Crippen LogP contribution in [-0.2, 0) is 0 Å². The van der Waals surface area contributed by atoms with E-state index in [1.54, 1.807) is 6.07 Å². The number of hydrogen-bond donors (Lipinski definition) is 2. The van der Waals surface area contributed by atoms with Crippen molar-refractivity contribution in [2.24, 2.45) is 0 Å². The molecule has 0 aliphatic heterocycles. The third-order valence-electron chi connectivity index (χ3n) is 4.01. The molecule has 0 atom stereocenters. The van der Waals surface area contributed by atoms with Crippen LogP contribution in [0.2, 0.25) is 0 Å². The minimum absolute atomic E-state index is 0.0455. The summed E-state index contributed by atoms with van der Waals surface area (Å²) in [4.78, 5) is 15.2. The van der Waals surface area contributed by atoms with Crippen molar-refractivity contribution in [3.63, 3.8) is 0 Å². The molecule has 2 rings (SSSR count). The number of nitrogens with one attached hydrogen (secondary N) is 1. The van der Waals surface area contributed by atoms with Gasteiger partial charge in [-0.05, 0) is 67.5 Å². The van der Waals surface area contributed by atoms with Gasteiger partial charge in [0.15, 0.2) is 0 Å². The first-order valence-corrected chi connectivity index (χ1v) is 7.63. The minimum Gasteiger partial charge on any atom is -0.350 e. The van der Waals surface area contributed by atoms with Crippen LogP contribution in [0.4, 0.5) is 0 Å². The van der Waals surface area contributed by atoms with Crippen molar-refractivity contribution in [2.75, 3.05) is 20.6 Å². The molecule has 19 heavy (non-hydrogen) atoms. The van der Waals surface area contributed by atoms with Crippen LogP contribution in [-0.4, -0.2) is 37.0 Å². The van der Waals surface area contributed by atoms with E-state index in [2.05, 4.69) is 52.9 Å². The summed E-state index contributed by atoms with van der Waals surface area (Å²) in [6.45, 7) is 0.697. The third kappa shape index (κ3) is 3.15. The van der Waals surface area contributed by atoms with E-state index in [4.69, 9.17) is 0 Å². The van der Waals surface area contributed by atoms with Gasteiger partial charge in [-0.2, -0.15) is 0 Å². The van der Waals surface area contributed by atoms with Crippen molar-refractivity contribution in [2.45, 2.75) is 29.7 Å². The maximum atomic E-state index is 12.2. The summed E-state index contributed by atoms with van der Waals surface area (Å²) in [7, 11) is 4.16. The van der Waals surface area contributed by atoms with Gasteiger partial charge in [0.05, 0.1) is 5.56 Å². The number of halogens is 1. The fraction of sp³-hybridized carbons (Fsp3) is 0.500. The van der Waals surface area contributed by atoms with E-state index in [-0.39, 0.29) is 11.4 Å². The van der Waals surface area contributed by atoms with E-state index in [1.807, 2.05) is 12.1 Å². The number of hydrogen-bond acceptors (Lipinski definition) is 3. The Balaban J connectivity index is 2.03. The van der Waals surface area contributed by atoms with Crippen molar-refractivity contribution < 1.29 is 4.79 Å². The molecule has 1 aliphatic rings. The summed E-state index contributed by atoms with van der Waals surface area (Å²) < 4.78 is 0.801. The second-order valence-corrected chi connectivity index (χ2v) is 6.69. The van der Waals surface area contributed by atoms with E-state index < -0.39 is 0 Å². The van der Waals surface area contributed by atoms with Crippen molar-refractivity contribution in [1.29, 1.82) is 0 Å². The average molecular weight is 343 g/mol. The van der Waals surface area contributed by atoms with Crippen LogP contribution in [0.25, 0.3) is 0 Å². The third-order valence-corrected chi connectivity index (χ3v) is 4.98. The lowest BCUT2D eigenvalue weighted by Gasteiger charge is -2.47. The Morgan fingerprint density at radius 3 is 2.68 bits per heavy atom. The van der Waals surface area contributed by atoms with Crippen LogP contribution >= 0.6 is 28.6 Å². The molecule has 0 radical (unpaired) electrons. The maximum Gasteiger partial charge on any atom is 0.252 e. The van der Waals surface area contributed by atoms with Gasteiger partial charge in [0, 0.05) is 21.5 Å². The molecule has 1 aromatic rings. The molecule has 1 aromatic carbocycles. The minimum atomic E-state index is -0.0455. The zero-order valence-electron chi connectivity index (χ0n) is 11.2. The van der Waals surface area contributed by atoms with Crippen LogP contribution in [0, 0.1) is 0 Å². The number of nitrogens with zero attached hydrogens (tertiary/aromatic N) is 1. The van der Waals surface area contributed by atoms with E-state index >= 15 is 0 Å². The van der Waals surface area contributed by atoms with Crippen molar-refractivity contribution in [1.82, 2.24) is 10.2 Å². The molecule has 1 saturated carbocycles. The molecule has 0 spiro atoms. The van der Waals surface area contributed by atoms with Gasteiger partial charge in [0.25, 0.3) is 5.91 Å². The van der Waals surface area contributed by atoms with Gasteiger partial charge in [-0.15, -0.1) is 12.6 Å². The standard InChI is InChI=1S/C14H19BrN2OS/c1-17(2)14(6-3-7-14)9-16-13(18)11-8-10(19)4-5-12(11)15/h4-5,8,19H,3,6-7,9H2,1-2H3,(H,16,18). The predicted octanol–water partition coefficient (Wildman–Crippen LogP) is 2.95. The summed E-state index contributed by atoms with van der Waals surface area (Å²) in [6, 6.07) is 5.49. The Morgan fingerprint density at radius 1 is 1.47 bits per heavy atom. The number of rotatable bonds is 4. The summed E-state index contributed by atoms with van der Waals surface area (Å²) >= 11 is 7.68. The number of amides is 1. The number of benzene rings is 1. The lowest BCUT2D eigenvalue weighted by atomic mass is 9.75. The van der Waals surface area contributed by atoms with Gasteiger partial charge >= 0.3 is 0 Å². The van der Waals surface area contributed by atoms with Crippen LogP contribution in [0.5, 0.6) is 0 Å². The molecule has 1 fully saturated rings. The molecular formula is C14H19BrN2OS. The SMILES string of the molecule is CN(C)C1(CNC(=O)c2cc(S)ccc2Br)CCC1. The first-order valence-electron chi connectivity index (χ1n) is 6.39. The number of likely N-dealkylation sites (N-methyl/N-ethyl adjacent to an activating group) is 1. The summed E-state index contributed by atoms with van der Waals surface area (Å²) in [5.41, 5.74) is 0.779. The van der Waals surface area contributed by atoms with E-state index in [0.717, 1.165) is 22.2 Å². The van der Waals surface area contributed by atoms with E-state index in [0.29, 0.717) is 12.1 Å². The van der Waals surface area contributed by atoms with Gasteiger partial charge in [0.2, 0.25) is 0 Å².